The van der Waals surface area contributed by atoms with Crippen LogP contribution >= 0.6 is 0 Å². The number of rotatable bonds is 16. The third kappa shape index (κ3) is 15.6. The zero-order chi connectivity index (χ0) is 16.5. The highest BCUT2D eigenvalue weighted by Gasteiger charge is 2.11. The smallest absolute Gasteiger partial charge is 0.332 e. The fraction of sp³-hybridized carbons (Fsp3) is 0.944. The molecule has 21 heavy (non-hydrogen) atoms. The van der Waals surface area contributed by atoms with Crippen LogP contribution in [0.25, 0.3) is 1.43 Å². The number of aliphatic carboxylic acids is 1. The molecular formula is C18H36O3. The highest BCUT2D eigenvalue weighted by atomic mass is 16.4. The van der Waals surface area contributed by atoms with Crippen LogP contribution in [0.3, 0.4) is 0 Å². The van der Waals surface area contributed by atoms with Gasteiger partial charge in [0.05, 0.1) is 0 Å². The number of carboxylic acid groups (broad SMARTS) is 1. The number of hydrogen-bond donors (Lipinski definition) is 2. The van der Waals surface area contributed by atoms with Crippen LogP contribution in [-0.2, 0) is 4.79 Å². The Morgan fingerprint density at radius 2 is 1.19 bits per heavy atom. The molecule has 1 atom stereocenters. The molecule has 0 rings (SSSR count). The van der Waals surface area contributed by atoms with Gasteiger partial charge < -0.3 is 10.2 Å². The Morgan fingerprint density at radius 3 is 1.57 bits per heavy atom. The molecule has 0 aliphatic rings. The molecule has 0 aromatic heterocycles. The van der Waals surface area contributed by atoms with E-state index in [0.717, 1.165) is 12.8 Å². The molecule has 0 spiro atoms. The van der Waals surface area contributed by atoms with Gasteiger partial charge in [0, 0.05) is 0 Å². The summed E-state index contributed by atoms with van der Waals surface area (Å²) in [4.78, 5) is 10.8. The molecule has 0 aliphatic carbocycles. The summed E-state index contributed by atoms with van der Waals surface area (Å²) in [6.07, 6.45) is 17.3. The minimum atomic E-state index is -1.12. The molecule has 1 unspecified atom stereocenters. The Labute approximate surface area is 132 Å². The summed E-state index contributed by atoms with van der Waals surface area (Å²) in [7, 11) is 0. The van der Waals surface area contributed by atoms with Crippen molar-refractivity contribution in [1.29, 1.82) is 1.43 Å². The summed E-state index contributed by atoms with van der Waals surface area (Å²) >= 11 is 0. The van der Waals surface area contributed by atoms with Crippen molar-refractivity contribution in [2.24, 2.45) is 0 Å². The SMILES string of the molecule is [2H]OC(=O)C(O)CCCCCCCCCCCCCCCC. The number of carbonyl (C=O) groups is 1. The monoisotopic (exact) mass is 301 g/mol. The van der Waals surface area contributed by atoms with Crippen molar-refractivity contribution in [2.45, 2.75) is 109 Å². The van der Waals surface area contributed by atoms with Crippen LogP contribution in [0.4, 0.5) is 0 Å². The van der Waals surface area contributed by atoms with E-state index >= 15 is 0 Å². The van der Waals surface area contributed by atoms with Crippen molar-refractivity contribution in [3.63, 3.8) is 0 Å². The van der Waals surface area contributed by atoms with Gasteiger partial charge in [-0.1, -0.05) is 96.8 Å². The van der Waals surface area contributed by atoms with E-state index in [9.17, 15) is 9.90 Å². The molecule has 0 bridgehead atoms. The lowest BCUT2D eigenvalue weighted by molar-refractivity contribution is -0.146. The molecule has 0 aromatic carbocycles. The van der Waals surface area contributed by atoms with Crippen LogP contribution in [0.5, 0.6) is 0 Å². The lowest BCUT2D eigenvalue weighted by Gasteiger charge is -2.05. The number of unbranched alkanes of at least 4 members (excludes halogenated alkanes) is 13. The van der Waals surface area contributed by atoms with E-state index in [1.807, 2.05) is 0 Å². The van der Waals surface area contributed by atoms with E-state index < -0.39 is 12.1 Å². The first-order valence-corrected chi connectivity index (χ1v) is 9.07. The van der Waals surface area contributed by atoms with Gasteiger partial charge in [0.1, 0.15) is 0 Å². The van der Waals surface area contributed by atoms with Crippen molar-refractivity contribution in [1.82, 2.24) is 0 Å². The molecule has 3 heteroatoms. The minimum absolute atomic E-state index is 0.412. The van der Waals surface area contributed by atoms with Crippen LogP contribution in [0, 0.1) is 0 Å². The van der Waals surface area contributed by atoms with Gasteiger partial charge in [-0.2, -0.15) is 0 Å². The summed E-state index contributed by atoms with van der Waals surface area (Å²) in [6, 6.07) is 0. The van der Waals surface area contributed by atoms with Gasteiger partial charge >= 0.3 is 5.97 Å². The highest BCUT2D eigenvalue weighted by molar-refractivity contribution is 5.71. The standard InChI is InChI=1S/C18H36O3/c1-2-3-4-5-6-7-8-9-10-11-12-13-14-15-16-17(19)18(20)21/h17,19H,2-16H2,1H3,(H,20,21)/i/hD. The van der Waals surface area contributed by atoms with E-state index in [1.54, 1.807) is 0 Å². The molecule has 3 nitrogen and oxygen atoms in total. The largest absolute Gasteiger partial charge is 0.479 e. The van der Waals surface area contributed by atoms with Crippen molar-refractivity contribution >= 4 is 5.97 Å². The Balaban J connectivity index is 3.10. The fourth-order valence-corrected chi connectivity index (χ4v) is 2.65. The second-order valence-electron chi connectivity index (χ2n) is 6.22. The minimum Gasteiger partial charge on any atom is -0.479 e. The van der Waals surface area contributed by atoms with E-state index in [0.29, 0.717) is 6.42 Å². The van der Waals surface area contributed by atoms with Crippen molar-refractivity contribution < 1.29 is 15.0 Å². The third-order valence-electron chi connectivity index (χ3n) is 4.10. The van der Waals surface area contributed by atoms with Gasteiger partial charge in [-0.3, -0.25) is 0 Å². The first-order valence-electron chi connectivity index (χ1n) is 9.48. The first-order chi connectivity index (χ1) is 10.7. The first kappa shape index (κ1) is 18.5. The molecule has 0 saturated carbocycles. The van der Waals surface area contributed by atoms with E-state index in [4.69, 9.17) is 1.43 Å². The Bertz CT molecular complexity index is 246. The lowest BCUT2D eigenvalue weighted by Crippen LogP contribution is -2.18. The summed E-state index contributed by atoms with van der Waals surface area (Å²) in [6.45, 7) is 2.26. The number of hydrogen-bond acceptors (Lipinski definition) is 3. The third-order valence-corrected chi connectivity index (χ3v) is 4.10. The average Bonchev–Trinajstić information content (AvgIpc) is 2.54. The number of aliphatic hydroxyl groups is 1. The summed E-state index contributed by atoms with van der Waals surface area (Å²) < 4.78 is 6.41. The van der Waals surface area contributed by atoms with Gasteiger partial charge in [0.15, 0.2) is 6.10 Å². The maximum atomic E-state index is 10.8. The van der Waals surface area contributed by atoms with Crippen molar-refractivity contribution in [2.75, 3.05) is 0 Å². The zero-order valence-electron chi connectivity index (χ0n) is 14.9. The highest BCUT2D eigenvalue weighted by Crippen LogP contribution is 2.13. The number of aliphatic hydroxyl groups excluding tert-OH is 1. The molecule has 126 valence electrons. The molecule has 0 radical (unpaired) electrons. The lowest BCUT2D eigenvalue weighted by atomic mass is 10.0. The van der Waals surface area contributed by atoms with Gasteiger partial charge in [-0.25, -0.2) is 4.79 Å². The predicted molar refractivity (Wildman–Crippen MR) is 88.6 cm³/mol. The maximum Gasteiger partial charge on any atom is 0.332 e. The van der Waals surface area contributed by atoms with E-state index in [2.05, 4.69) is 12.0 Å². The van der Waals surface area contributed by atoms with Crippen LogP contribution in [0.1, 0.15) is 103 Å². The maximum absolute atomic E-state index is 10.8. The number of carboxylic acids is 1. The molecule has 0 saturated heterocycles. The topological polar surface area (TPSA) is 57.5 Å². The van der Waals surface area contributed by atoms with Gasteiger partial charge in [0.2, 0.25) is 0 Å². The van der Waals surface area contributed by atoms with Crippen molar-refractivity contribution in [3.8, 4) is 0 Å². The Morgan fingerprint density at radius 1 is 0.810 bits per heavy atom. The molecule has 0 heterocycles. The quantitative estimate of drug-likeness (QED) is 0.380. The predicted octanol–water partition coefficient (Wildman–Crippen LogP) is 5.30. The molecule has 0 amide bonds. The van der Waals surface area contributed by atoms with Gasteiger partial charge in [0.25, 0.3) is 1.43 Å². The second-order valence-corrected chi connectivity index (χ2v) is 6.22. The normalized spacial score (nSPS) is 13.0. The van der Waals surface area contributed by atoms with Gasteiger partial charge in [-0.05, 0) is 6.42 Å². The van der Waals surface area contributed by atoms with E-state index in [-0.39, 0.29) is 0 Å². The summed E-state index contributed by atoms with van der Waals surface area (Å²) in [5, 5.41) is 13.1. The zero-order valence-corrected chi connectivity index (χ0v) is 13.9. The second kappa shape index (κ2) is 15.8. The van der Waals surface area contributed by atoms with E-state index in [1.165, 1.54) is 77.0 Å². The molecule has 0 aromatic rings. The summed E-state index contributed by atoms with van der Waals surface area (Å²) in [5.41, 5.74) is 0. The average molecular weight is 301 g/mol. The van der Waals surface area contributed by atoms with Crippen molar-refractivity contribution in [3.05, 3.63) is 0 Å². The summed E-state index contributed by atoms with van der Waals surface area (Å²) in [5.74, 6) is -0.838. The Kier molecular flexibility index (Phi) is 13.9. The van der Waals surface area contributed by atoms with Crippen LogP contribution in [0.15, 0.2) is 0 Å². The molecular weight excluding hydrogens is 264 g/mol. The van der Waals surface area contributed by atoms with Crippen LogP contribution in [0.2, 0.25) is 0 Å². The molecule has 2 N–H and O–H groups in total. The van der Waals surface area contributed by atoms with Crippen LogP contribution in [-0.4, -0.2) is 22.3 Å². The molecule has 0 aliphatic heterocycles. The fourth-order valence-electron chi connectivity index (χ4n) is 2.65. The molecule has 0 fully saturated rings. The Hall–Kier alpha value is -0.570. The van der Waals surface area contributed by atoms with Gasteiger partial charge in [-0.15, -0.1) is 0 Å². The van der Waals surface area contributed by atoms with Crippen LogP contribution < -0.4 is 0 Å².